The lowest BCUT2D eigenvalue weighted by Gasteiger charge is -2.26. The SMILES string of the molecule is Cc1nnnn1-c1ccc(C(=O)N2CCCC2C(=O)N(C)C)c(F)c1. The first-order valence-corrected chi connectivity index (χ1v) is 7.97. The summed E-state index contributed by atoms with van der Waals surface area (Å²) in [5, 5.41) is 11.0. The van der Waals surface area contributed by atoms with E-state index in [4.69, 9.17) is 0 Å². The molecule has 1 fully saturated rings. The van der Waals surface area contributed by atoms with E-state index in [0.29, 0.717) is 24.5 Å². The molecule has 1 saturated heterocycles. The van der Waals surface area contributed by atoms with Gasteiger partial charge in [0.25, 0.3) is 5.91 Å². The standard InChI is InChI=1S/C16H19FN6O2/c1-10-18-19-20-23(10)11-6-7-12(13(17)9-11)15(24)22-8-4-5-14(22)16(25)21(2)3/h6-7,9,14H,4-5,8H2,1-3H3. The van der Waals surface area contributed by atoms with Gasteiger partial charge in [-0.15, -0.1) is 5.10 Å². The van der Waals surface area contributed by atoms with E-state index in [1.165, 1.54) is 26.6 Å². The summed E-state index contributed by atoms with van der Waals surface area (Å²) < 4.78 is 15.9. The molecule has 1 aliphatic heterocycles. The van der Waals surface area contributed by atoms with Crippen LogP contribution in [-0.4, -0.2) is 68.5 Å². The van der Waals surface area contributed by atoms with Crippen LogP contribution in [0.2, 0.25) is 0 Å². The molecule has 0 bridgehead atoms. The Morgan fingerprint density at radius 1 is 1.32 bits per heavy atom. The summed E-state index contributed by atoms with van der Waals surface area (Å²) in [6.45, 7) is 2.13. The van der Waals surface area contributed by atoms with Crippen molar-refractivity contribution in [2.75, 3.05) is 20.6 Å². The Morgan fingerprint density at radius 3 is 2.68 bits per heavy atom. The number of tetrazole rings is 1. The first-order chi connectivity index (χ1) is 11.9. The minimum absolute atomic E-state index is 0.0621. The smallest absolute Gasteiger partial charge is 0.257 e. The minimum Gasteiger partial charge on any atom is -0.347 e. The van der Waals surface area contributed by atoms with Crippen LogP contribution in [0.15, 0.2) is 18.2 Å². The van der Waals surface area contributed by atoms with Crippen LogP contribution >= 0.6 is 0 Å². The molecule has 0 N–H and O–H groups in total. The zero-order valence-corrected chi connectivity index (χ0v) is 14.3. The van der Waals surface area contributed by atoms with Crippen LogP contribution in [-0.2, 0) is 4.79 Å². The molecule has 0 aliphatic carbocycles. The highest BCUT2D eigenvalue weighted by Crippen LogP contribution is 2.23. The van der Waals surface area contributed by atoms with Crippen molar-refractivity contribution in [2.45, 2.75) is 25.8 Å². The highest BCUT2D eigenvalue weighted by molar-refractivity contribution is 5.98. The maximum atomic E-state index is 14.5. The molecule has 1 unspecified atom stereocenters. The highest BCUT2D eigenvalue weighted by atomic mass is 19.1. The van der Waals surface area contributed by atoms with Gasteiger partial charge in [0, 0.05) is 26.7 Å². The van der Waals surface area contributed by atoms with Gasteiger partial charge < -0.3 is 9.80 Å². The molecule has 0 saturated carbocycles. The van der Waals surface area contributed by atoms with Gasteiger partial charge in [-0.2, -0.15) is 4.68 Å². The van der Waals surface area contributed by atoms with Gasteiger partial charge in [0.2, 0.25) is 5.91 Å². The fourth-order valence-electron chi connectivity index (χ4n) is 3.00. The van der Waals surface area contributed by atoms with Crippen molar-refractivity contribution in [1.29, 1.82) is 0 Å². The van der Waals surface area contributed by atoms with Crippen molar-refractivity contribution >= 4 is 11.8 Å². The molecule has 1 aromatic carbocycles. The van der Waals surface area contributed by atoms with E-state index >= 15 is 0 Å². The second-order valence-electron chi connectivity index (χ2n) is 6.19. The van der Waals surface area contributed by atoms with Crippen LogP contribution < -0.4 is 0 Å². The van der Waals surface area contributed by atoms with Crippen molar-refractivity contribution in [3.63, 3.8) is 0 Å². The predicted molar refractivity (Wildman–Crippen MR) is 86.6 cm³/mol. The van der Waals surface area contributed by atoms with Gasteiger partial charge in [-0.25, -0.2) is 4.39 Å². The maximum Gasteiger partial charge on any atom is 0.257 e. The monoisotopic (exact) mass is 346 g/mol. The van der Waals surface area contributed by atoms with E-state index in [9.17, 15) is 14.0 Å². The van der Waals surface area contributed by atoms with Gasteiger partial charge in [0.15, 0.2) is 5.82 Å². The van der Waals surface area contributed by atoms with Crippen LogP contribution in [0.1, 0.15) is 29.0 Å². The lowest BCUT2D eigenvalue weighted by atomic mass is 10.1. The van der Waals surface area contributed by atoms with Gasteiger partial charge in [-0.05, 0) is 42.3 Å². The number of carbonyl (C=O) groups is 2. The number of carbonyl (C=O) groups excluding carboxylic acids is 2. The third-order valence-electron chi connectivity index (χ3n) is 4.29. The van der Waals surface area contributed by atoms with E-state index in [-0.39, 0.29) is 11.5 Å². The molecule has 1 aliphatic rings. The summed E-state index contributed by atoms with van der Waals surface area (Å²) in [6, 6.07) is 3.67. The maximum absolute atomic E-state index is 14.5. The number of benzene rings is 1. The number of likely N-dealkylation sites (tertiary alicyclic amines) is 1. The molecule has 1 atom stereocenters. The Bertz CT molecular complexity index is 819. The van der Waals surface area contributed by atoms with Gasteiger partial charge >= 0.3 is 0 Å². The molecule has 2 aromatic rings. The van der Waals surface area contributed by atoms with E-state index in [2.05, 4.69) is 15.5 Å². The molecule has 9 heteroatoms. The van der Waals surface area contributed by atoms with Crippen LogP contribution in [0.4, 0.5) is 4.39 Å². The topological polar surface area (TPSA) is 84.2 Å². The van der Waals surface area contributed by atoms with E-state index in [0.717, 1.165) is 6.42 Å². The van der Waals surface area contributed by atoms with Crippen molar-refractivity contribution < 1.29 is 14.0 Å². The van der Waals surface area contributed by atoms with Crippen molar-refractivity contribution in [2.24, 2.45) is 0 Å². The summed E-state index contributed by atoms with van der Waals surface area (Å²) >= 11 is 0. The number of nitrogens with zero attached hydrogens (tertiary/aromatic N) is 6. The number of hydrogen-bond acceptors (Lipinski definition) is 5. The van der Waals surface area contributed by atoms with E-state index in [1.54, 1.807) is 27.1 Å². The number of halogens is 1. The number of hydrogen-bond donors (Lipinski definition) is 0. The largest absolute Gasteiger partial charge is 0.347 e. The number of amides is 2. The number of likely N-dealkylation sites (N-methyl/N-ethyl adjacent to an activating group) is 1. The van der Waals surface area contributed by atoms with Gasteiger partial charge in [0.05, 0.1) is 11.3 Å². The van der Waals surface area contributed by atoms with Gasteiger partial charge in [-0.3, -0.25) is 9.59 Å². The Hall–Kier alpha value is -2.84. The second-order valence-corrected chi connectivity index (χ2v) is 6.19. The van der Waals surface area contributed by atoms with Gasteiger partial charge in [-0.1, -0.05) is 0 Å². The fourth-order valence-corrected chi connectivity index (χ4v) is 3.00. The fraction of sp³-hybridized carbons (Fsp3) is 0.438. The summed E-state index contributed by atoms with van der Waals surface area (Å²) in [4.78, 5) is 27.9. The van der Waals surface area contributed by atoms with E-state index in [1.807, 2.05) is 0 Å². The van der Waals surface area contributed by atoms with Crippen molar-refractivity contribution in [1.82, 2.24) is 30.0 Å². The second kappa shape index (κ2) is 6.58. The zero-order chi connectivity index (χ0) is 18.1. The van der Waals surface area contributed by atoms with Crippen molar-refractivity contribution in [3.05, 3.63) is 35.4 Å². The molecule has 3 rings (SSSR count). The van der Waals surface area contributed by atoms with Crippen LogP contribution in [0.5, 0.6) is 0 Å². The minimum atomic E-state index is -0.666. The first kappa shape index (κ1) is 17.0. The van der Waals surface area contributed by atoms with Crippen LogP contribution in [0, 0.1) is 12.7 Å². The number of aromatic nitrogens is 4. The zero-order valence-electron chi connectivity index (χ0n) is 14.3. The Morgan fingerprint density at radius 2 is 2.08 bits per heavy atom. The average Bonchev–Trinajstić information content (AvgIpc) is 3.22. The highest BCUT2D eigenvalue weighted by Gasteiger charge is 2.36. The third-order valence-corrected chi connectivity index (χ3v) is 4.29. The molecule has 2 heterocycles. The third kappa shape index (κ3) is 3.09. The summed E-state index contributed by atoms with van der Waals surface area (Å²) in [5.41, 5.74) is 0.367. The molecular formula is C16H19FN6O2. The molecule has 0 spiro atoms. The summed E-state index contributed by atoms with van der Waals surface area (Å²) in [6.07, 6.45) is 1.31. The predicted octanol–water partition coefficient (Wildman–Crippen LogP) is 0.803. The summed E-state index contributed by atoms with van der Waals surface area (Å²) in [5.74, 6) is -0.780. The molecule has 8 nitrogen and oxygen atoms in total. The van der Waals surface area contributed by atoms with Crippen LogP contribution in [0.25, 0.3) is 5.69 Å². The van der Waals surface area contributed by atoms with Gasteiger partial charge in [0.1, 0.15) is 11.9 Å². The molecule has 132 valence electrons. The molecule has 1 aromatic heterocycles. The van der Waals surface area contributed by atoms with Crippen LogP contribution in [0.3, 0.4) is 0 Å². The molecule has 0 radical (unpaired) electrons. The lowest BCUT2D eigenvalue weighted by molar-refractivity contribution is -0.132. The summed E-state index contributed by atoms with van der Waals surface area (Å²) in [7, 11) is 3.29. The Balaban J connectivity index is 1.87. The Kier molecular flexibility index (Phi) is 4.47. The quantitative estimate of drug-likeness (QED) is 0.821. The Labute approximate surface area is 144 Å². The number of aryl methyl sites for hydroxylation is 1. The van der Waals surface area contributed by atoms with E-state index < -0.39 is 17.8 Å². The lowest BCUT2D eigenvalue weighted by Crippen LogP contribution is -2.45. The average molecular weight is 346 g/mol. The molecular weight excluding hydrogens is 327 g/mol. The van der Waals surface area contributed by atoms with Crippen molar-refractivity contribution in [3.8, 4) is 5.69 Å². The normalized spacial score (nSPS) is 17.0. The molecule has 25 heavy (non-hydrogen) atoms. The molecule has 2 amide bonds. The number of rotatable bonds is 3. The first-order valence-electron chi connectivity index (χ1n) is 7.97.